The van der Waals surface area contributed by atoms with Gasteiger partial charge in [-0.2, -0.15) is 0 Å². The van der Waals surface area contributed by atoms with Gasteiger partial charge in [0, 0.05) is 12.6 Å². The SMILES string of the molecule is CN(C)C(CN)Cc1ccc(CC(=O)O)cc1. The summed E-state index contributed by atoms with van der Waals surface area (Å²) < 4.78 is 0. The first-order valence-corrected chi connectivity index (χ1v) is 5.69. The normalized spacial score (nSPS) is 12.7. The van der Waals surface area contributed by atoms with E-state index in [1.165, 1.54) is 5.56 Å². The van der Waals surface area contributed by atoms with E-state index in [2.05, 4.69) is 4.90 Å². The minimum Gasteiger partial charge on any atom is -0.481 e. The van der Waals surface area contributed by atoms with Crippen molar-refractivity contribution >= 4 is 5.97 Å². The van der Waals surface area contributed by atoms with Gasteiger partial charge in [0.25, 0.3) is 0 Å². The molecule has 0 aliphatic rings. The van der Waals surface area contributed by atoms with E-state index in [9.17, 15) is 4.79 Å². The fourth-order valence-corrected chi connectivity index (χ4v) is 1.72. The molecule has 1 unspecified atom stereocenters. The van der Waals surface area contributed by atoms with Crippen LogP contribution in [-0.4, -0.2) is 42.7 Å². The maximum Gasteiger partial charge on any atom is 0.307 e. The van der Waals surface area contributed by atoms with Gasteiger partial charge in [0.05, 0.1) is 6.42 Å². The summed E-state index contributed by atoms with van der Waals surface area (Å²) in [5.41, 5.74) is 7.71. The molecule has 0 saturated carbocycles. The maximum absolute atomic E-state index is 10.5. The van der Waals surface area contributed by atoms with E-state index in [-0.39, 0.29) is 6.42 Å². The Labute approximate surface area is 102 Å². The maximum atomic E-state index is 10.5. The third kappa shape index (κ3) is 4.54. The summed E-state index contributed by atoms with van der Waals surface area (Å²) in [6.45, 7) is 0.615. The molecule has 1 aromatic carbocycles. The van der Waals surface area contributed by atoms with Crippen molar-refractivity contribution in [1.29, 1.82) is 0 Å². The lowest BCUT2D eigenvalue weighted by Crippen LogP contribution is -2.36. The van der Waals surface area contributed by atoms with Crippen LogP contribution in [0.25, 0.3) is 0 Å². The molecule has 4 heteroatoms. The first-order valence-electron chi connectivity index (χ1n) is 5.69. The first-order chi connectivity index (χ1) is 8.02. The van der Waals surface area contributed by atoms with Gasteiger partial charge in [-0.25, -0.2) is 0 Å². The van der Waals surface area contributed by atoms with Crippen LogP contribution >= 0.6 is 0 Å². The minimum atomic E-state index is -0.800. The molecule has 4 nitrogen and oxygen atoms in total. The molecule has 1 atom stereocenters. The summed E-state index contributed by atoms with van der Waals surface area (Å²) in [5, 5.41) is 8.67. The molecule has 1 rings (SSSR count). The van der Waals surface area contributed by atoms with E-state index in [0.717, 1.165) is 12.0 Å². The van der Waals surface area contributed by atoms with Gasteiger partial charge >= 0.3 is 5.97 Å². The molecule has 0 aliphatic heterocycles. The Kier molecular flexibility index (Phi) is 5.12. The number of carboxylic acids is 1. The van der Waals surface area contributed by atoms with Crippen molar-refractivity contribution < 1.29 is 9.90 Å². The first kappa shape index (κ1) is 13.7. The molecule has 0 heterocycles. The molecule has 0 amide bonds. The summed E-state index contributed by atoms with van der Waals surface area (Å²) in [6.07, 6.45) is 0.963. The Morgan fingerprint density at radius 3 is 2.24 bits per heavy atom. The number of carboxylic acid groups (broad SMARTS) is 1. The van der Waals surface area contributed by atoms with Gasteiger partial charge in [-0.3, -0.25) is 4.79 Å². The molecule has 1 aromatic rings. The number of benzene rings is 1. The van der Waals surface area contributed by atoms with Gasteiger partial charge < -0.3 is 15.7 Å². The van der Waals surface area contributed by atoms with Crippen LogP contribution in [0, 0.1) is 0 Å². The second-order valence-electron chi connectivity index (χ2n) is 4.44. The minimum absolute atomic E-state index is 0.0777. The van der Waals surface area contributed by atoms with Crippen molar-refractivity contribution in [3.05, 3.63) is 35.4 Å². The number of rotatable bonds is 6. The highest BCUT2D eigenvalue weighted by atomic mass is 16.4. The summed E-state index contributed by atoms with van der Waals surface area (Å²) in [4.78, 5) is 12.6. The van der Waals surface area contributed by atoms with Crippen LogP contribution in [0.5, 0.6) is 0 Å². The van der Waals surface area contributed by atoms with Crippen molar-refractivity contribution in [3.8, 4) is 0 Å². The third-order valence-electron chi connectivity index (χ3n) is 2.85. The predicted molar refractivity (Wildman–Crippen MR) is 68.0 cm³/mol. The fraction of sp³-hybridized carbons (Fsp3) is 0.462. The number of aliphatic carboxylic acids is 1. The molecule has 0 aromatic heterocycles. The van der Waals surface area contributed by atoms with E-state index in [4.69, 9.17) is 10.8 Å². The van der Waals surface area contributed by atoms with Crippen LogP contribution < -0.4 is 5.73 Å². The number of likely N-dealkylation sites (N-methyl/N-ethyl adjacent to an activating group) is 1. The van der Waals surface area contributed by atoms with Gasteiger partial charge in [-0.1, -0.05) is 24.3 Å². The molecule has 94 valence electrons. The average molecular weight is 236 g/mol. The van der Waals surface area contributed by atoms with Gasteiger partial charge in [0.15, 0.2) is 0 Å². The van der Waals surface area contributed by atoms with E-state index in [0.29, 0.717) is 12.6 Å². The van der Waals surface area contributed by atoms with Crippen molar-refractivity contribution in [2.45, 2.75) is 18.9 Å². The molecule has 0 spiro atoms. The highest BCUT2D eigenvalue weighted by Gasteiger charge is 2.10. The van der Waals surface area contributed by atoms with Crippen molar-refractivity contribution in [2.24, 2.45) is 5.73 Å². The zero-order valence-electron chi connectivity index (χ0n) is 10.4. The van der Waals surface area contributed by atoms with Gasteiger partial charge in [-0.05, 0) is 31.6 Å². The summed E-state index contributed by atoms with van der Waals surface area (Å²) in [7, 11) is 4.02. The number of nitrogens with zero attached hydrogens (tertiary/aromatic N) is 1. The Morgan fingerprint density at radius 2 is 1.82 bits per heavy atom. The zero-order chi connectivity index (χ0) is 12.8. The lowest BCUT2D eigenvalue weighted by molar-refractivity contribution is -0.136. The molecular weight excluding hydrogens is 216 g/mol. The van der Waals surface area contributed by atoms with Crippen LogP contribution in [0.15, 0.2) is 24.3 Å². The Bertz CT molecular complexity index is 360. The Morgan fingerprint density at radius 1 is 1.29 bits per heavy atom. The average Bonchev–Trinajstić information content (AvgIpc) is 2.26. The largest absolute Gasteiger partial charge is 0.481 e. The lowest BCUT2D eigenvalue weighted by atomic mass is 10.0. The molecule has 0 aliphatic carbocycles. The van der Waals surface area contributed by atoms with E-state index in [1.807, 2.05) is 38.4 Å². The summed E-state index contributed by atoms with van der Waals surface area (Å²) in [5.74, 6) is -0.800. The van der Waals surface area contributed by atoms with Crippen molar-refractivity contribution in [1.82, 2.24) is 4.90 Å². The molecular formula is C13H20N2O2. The van der Waals surface area contributed by atoms with Gasteiger partial charge in [0.2, 0.25) is 0 Å². The van der Waals surface area contributed by atoms with Crippen molar-refractivity contribution in [2.75, 3.05) is 20.6 Å². The molecule has 0 radical (unpaired) electrons. The molecule has 0 bridgehead atoms. The molecule has 0 fully saturated rings. The molecule has 17 heavy (non-hydrogen) atoms. The third-order valence-corrected chi connectivity index (χ3v) is 2.85. The Balaban J connectivity index is 2.64. The molecule has 3 N–H and O–H groups in total. The topological polar surface area (TPSA) is 66.6 Å². The quantitative estimate of drug-likeness (QED) is 0.764. The summed E-state index contributed by atoms with van der Waals surface area (Å²) in [6, 6.07) is 8.01. The van der Waals surface area contributed by atoms with E-state index in [1.54, 1.807) is 0 Å². The van der Waals surface area contributed by atoms with Gasteiger partial charge in [0.1, 0.15) is 0 Å². The summed E-state index contributed by atoms with van der Waals surface area (Å²) >= 11 is 0. The predicted octanol–water partition coefficient (Wildman–Crippen LogP) is 0.745. The fourth-order valence-electron chi connectivity index (χ4n) is 1.72. The van der Waals surface area contributed by atoms with E-state index < -0.39 is 5.97 Å². The monoisotopic (exact) mass is 236 g/mol. The number of hydrogen-bond acceptors (Lipinski definition) is 3. The number of hydrogen-bond donors (Lipinski definition) is 2. The highest BCUT2D eigenvalue weighted by Crippen LogP contribution is 2.09. The Hall–Kier alpha value is -1.39. The van der Waals surface area contributed by atoms with E-state index >= 15 is 0 Å². The zero-order valence-corrected chi connectivity index (χ0v) is 10.4. The molecule has 0 saturated heterocycles. The standard InChI is InChI=1S/C13H20N2O2/c1-15(2)12(9-14)7-10-3-5-11(6-4-10)8-13(16)17/h3-6,12H,7-9,14H2,1-2H3,(H,16,17). The van der Waals surface area contributed by atoms with Crippen LogP contribution in [-0.2, 0) is 17.6 Å². The van der Waals surface area contributed by atoms with Crippen LogP contribution in [0.4, 0.5) is 0 Å². The number of carbonyl (C=O) groups is 1. The second kappa shape index (κ2) is 6.37. The van der Waals surface area contributed by atoms with Crippen molar-refractivity contribution in [3.63, 3.8) is 0 Å². The van der Waals surface area contributed by atoms with Gasteiger partial charge in [-0.15, -0.1) is 0 Å². The highest BCUT2D eigenvalue weighted by molar-refractivity contribution is 5.70. The second-order valence-corrected chi connectivity index (χ2v) is 4.44. The lowest BCUT2D eigenvalue weighted by Gasteiger charge is -2.22. The number of nitrogens with two attached hydrogens (primary N) is 1. The van der Waals surface area contributed by atoms with Crippen LogP contribution in [0.1, 0.15) is 11.1 Å². The van der Waals surface area contributed by atoms with Crippen LogP contribution in [0.2, 0.25) is 0 Å². The van der Waals surface area contributed by atoms with Crippen LogP contribution in [0.3, 0.4) is 0 Å². The smallest absolute Gasteiger partial charge is 0.307 e.